The van der Waals surface area contributed by atoms with Gasteiger partial charge in [0.2, 0.25) is 0 Å². The maximum absolute atomic E-state index is 12.9. The summed E-state index contributed by atoms with van der Waals surface area (Å²) in [4.78, 5) is 24.2. The van der Waals surface area contributed by atoms with E-state index in [-0.39, 0.29) is 5.56 Å². The average molecular weight is 334 g/mol. The van der Waals surface area contributed by atoms with Gasteiger partial charge in [0.15, 0.2) is 5.78 Å². The lowest BCUT2D eigenvalue weighted by atomic mass is 9.97. The van der Waals surface area contributed by atoms with Crippen molar-refractivity contribution in [3.8, 4) is 5.75 Å². The summed E-state index contributed by atoms with van der Waals surface area (Å²) in [6.07, 6.45) is -4.20. The summed E-state index contributed by atoms with van der Waals surface area (Å²) in [5, 5.41) is 0. The summed E-state index contributed by atoms with van der Waals surface area (Å²) in [6.45, 7) is 0. The summed E-state index contributed by atoms with van der Waals surface area (Å²) >= 11 is 0. The van der Waals surface area contributed by atoms with Gasteiger partial charge in [-0.1, -0.05) is 42.5 Å². The molecule has 0 aliphatic heterocycles. The van der Waals surface area contributed by atoms with Crippen molar-refractivity contribution in [3.05, 3.63) is 71.3 Å². The number of carbonyl (C=O) groups excluding carboxylic acids is 2. The summed E-state index contributed by atoms with van der Waals surface area (Å²) in [6, 6.07) is 13.5. The van der Waals surface area contributed by atoms with Crippen molar-refractivity contribution in [1.82, 2.24) is 0 Å². The van der Waals surface area contributed by atoms with Gasteiger partial charge in [0, 0.05) is 5.56 Å². The topological polar surface area (TPSA) is 43.4 Å². The van der Waals surface area contributed by atoms with Gasteiger partial charge in [-0.05, 0) is 23.8 Å². The van der Waals surface area contributed by atoms with Crippen LogP contribution in [-0.4, -0.2) is 24.9 Å². The minimum Gasteiger partial charge on any atom is -0.497 e. The van der Waals surface area contributed by atoms with Gasteiger partial charge in [-0.15, -0.1) is 0 Å². The molecular formula is C18H13F3O3. The average Bonchev–Trinajstić information content (AvgIpc) is 2.58. The van der Waals surface area contributed by atoms with Crippen molar-refractivity contribution in [1.29, 1.82) is 0 Å². The Balaban J connectivity index is 2.51. The number of hydrogen-bond donors (Lipinski definition) is 0. The van der Waals surface area contributed by atoms with Gasteiger partial charge in [0.05, 0.1) is 12.7 Å². The SMILES string of the molecule is COc1cccc(C(=O)/C(=C/c2ccccc2)C(=O)C(F)(F)F)c1. The lowest BCUT2D eigenvalue weighted by Crippen LogP contribution is -2.28. The molecule has 2 aromatic rings. The number of hydrogen-bond acceptors (Lipinski definition) is 3. The Labute approximate surface area is 136 Å². The number of Topliss-reactive ketones (excluding diaryl/α,β-unsaturated/α-hetero) is 2. The Bertz CT molecular complexity index is 778. The second kappa shape index (κ2) is 7.12. The van der Waals surface area contributed by atoms with Gasteiger partial charge >= 0.3 is 6.18 Å². The van der Waals surface area contributed by atoms with Crippen LogP contribution in [0.25, 0.3) is 6.08 Å². The highest BCUT2D eigenvalue weighted by molar-refractivity contribution is 6.30. The summed E-state index contributed by atoms with van der Waals surface area (Å²) < 4.78 is 43.5. The molecule has 2 rings (SSSR count). The Morgan fingerprint density at radius 2 is 1.67 bits per heavy atom. The fourth-order valence-electron chi connectivity index (χ4n) is 2.02. The molecule has 0 unspecified atom stereocenters. The number of rotatable bonds is 5. The van der Waals surface area contributed by atoms with Crippen molar-refractivity contribution >= 4 is 17.6 Å². The van der Waals surface area contributed by atoms with Crippen molar-refractivity contribution in [2.45, 2.75) is 6.18 Å². The van der Waals surface area contributed by atoms with E-state index < -0.39 is 23.3 Å². The molecule has 0 aliphatic rings. The Morgan fingerprint density at radius 3 is 2.25 bits per heavy atom. The van der Waals surface area contributed by atoms with Crippen LogP contribution in [0.4, 0.5) is 13.2 Å². The summed E-state index contributed by atoms with van der Waals surface area (Å²) in [5.41, 5.74) is -0.683. The van der Waals surface area contributed by atoms with E-state index in [9.17, 15) is 22.8 Å². The first kappa shape index (κ1) is 17.5. The highest BCUT2D eigenvalue weighted by Gasteiger charge is 2.43. The predicted octanol–water partition coefficient (Wildman–Crippen LogP) is 4.09. The van der Waals surface area contributed by atoms with E-state index in [4.69, 9.17) is 4.74 Å². The van der Waals surface area contributed by atoms with E-state index >= 15 is 0 Å². The zero-order chi connectivity index (χ0) is 17.7. The number of allylic oxidation sites excluding steroid dienone is 1. The predicted molar refractivity (Wildman–Crippen MR) is 82.8 cm³/mol. The van der Waals surface area contributed by atoms with Gasteiger partial charge < -0.3 is 4.74 Å². The molecule has 0 amide bonds. The van der Waals surface area contributed by atoms with Crippen LogP contribution in [0.5, 0.6) is 5.75 Å². The first-order valence-electron chi connectivity index (χ1n) is 6.90. The molecule has 3 nitrogen and oxygen atoms in total. The molecule has 2 aromatic carbocycles. The second-order valence-electron chi connectivity index (χ2n) is 4.86. The Morgan fingerprint density at radius 1 is 1.00 bits per heavy atom. The highest BCUT2D eigenvalue weighted by atomic mass is 19.4. The molecule has 0 radical (unpaired) electrons. The molecule has 0 bridgehead atoms. The number of carbonyl (C=O) groups is 2. The van der Waals surface area contributed by atoms with Crippen molar-refractivity contribution in [2.75, 3.05) is 7.11 Å². The molecule has 6 heteroatoms. The summed E-state index contributed by atoms with van der Waals surface area (Å²) in [7, 11) is 1.37. The van der Waals surface area contributed by atoms with E-state index in [0.29, 0.717) is 11.3 Å². The van der Waals surface area contributed by atoms with Crippen LogP contribution in [-0.2, 0) is 4.79 Å². The molecule has 0 saturated heterocycles. The molecular weight excluding hydrogens is 321 g/mol. The molecule has 0 aliphatic carbocycles. The van der Waals surface area contributed by atoms with Crippen LogP contribution < -0.4 is 4.74 Å². The lowest BCUT2D eigenvalue weighted by molar-refractivity contribution is -0.166. The zero-order valence-corrected chi connectivity index (χ0v) is 12.6. The van der Waals surface area contributed by atoms with Gasteiger partial charge in [0.25, 0.3) is 5.78 Å². The molecule has 0 N–H and O–H groups in total. The number of methoxy groups -OCH3 is 1. The summed E-state index contributed by atoms with van der Waals surface area (Å²) in [5.74, 6) is -2.89. The van der Waals surface area contributed by atoms with Crippen molar-refractivity contribution < 1.29 is 27.5 Å². The van der Waals surface area contributed by atoms with Gasteiger partial charge in [0.1, 0.15) is 5.75 Å². The standard InChI is InChI=1S/C18H13F3O3/c1-24-14-9-5-8-13(11-14)16(22)15(17(23)18(19,20)21)10-12-6-3-2-4-7-12/h2-11H,1H3/b15-10-. The molecule has 0 heterocycles. The van der Waals surface area contributed by atoms with Gasteiger partial charge in [-0.3, -0.25) is 9.59 Å². The van der Waals surface area contributed by atoms with Crippen LogP contribution in [0.1, 0.15) is 15.9 Å². The molecule has 0 atom stereocenters. The van der Waals surface area contributed by atoms with Crippen molar-refractivity contribution in [3.63, 3.8) is 0 Å². The maximum Gasteiger partial charge on any atom is 0.455 e. The number of ketones is 2. The number of halogens is 3. The fraction of sp³-hybridized carbons (Fsp3) is 0.111. The molecule has 124 valence electrons. The number of ether oxygens (including phenoxy) is 1. The molecule has 0 fully saturated rings. The molecule has 24 heavy (non-hydrogen) atoms. The van der Waals surface area contributed by atoms with E-state index in [2.05, 4.69) is 0 Å². The van der Waals surface area contributed by atoms with Crippen LogP contribution in [0.2, 0.25) is 0 Å². The molecule has 0 aromatic heterocycles. The van der Waals surface area contributed by atoms with Gasteiger partial charge in [-0.25, -0.2) is 0 Å². The van der Waals surface area contributed by atoms with E-state index in [1.54, 1.807) is 24.3 Å². The third-order valence-corrected chi connectivity index (χ3v) is 3.19. The van der Waals surface area contributed by atoms with E-state index in [0.717, 1.165) is 6.08 Å². The van der Waals surface area contributed by atoms with Crippen LogP contribution >= 0.6 is 0 Å². The van der Waals surface area contributed by atoms with Crippen LogP contribution in [0.3, 0.4) is 0 Å². The quantitative estimate of drug-likeness (QED) is 0.358. The molecule has 0 spiro atoms. The maximum atomic E-state index is 12.9. The van der Waals surface area contributed by atoms with E-state index in [1.165, 1.54) is 37.4 Å². The smallest absolute Gasteiger partial charge is 0.455 e. The third kappa shape index (κ3) is 4.10. The van der Waals surface area contributed by atoms with Crippen LogP contribution in [0, 0.1) is 0 Å². The Hall–Kier alpha value is -2.89. The Kier molecular flexibility index (Phi) is 5.18. The minimum absolute atomic E-state index is 0.0610. The second-order valence-corrected chi connectivity index (χ2v) is 4.86. The highest BCUT2D eigenvalue weighted by Crippen LogP contribution is 2.25. The van der Waals surface area contributed by atoms with Crippen molar-refractivity contribution in [2.24, 2.45) is 0 Å². The van der Waals surface area contributed by atoms with Crippen LogP contribution in [0.15, 0.2) is 60.2 Å². The number of benzene rings is 2. The zero-order valence-electron chi connectivity index (χ0n) is 12.6. The minimum atomic E-state index is -5.14. The fourth-order valence-corrected chi connectivity index (χ4v) is 2.02. The first-order valence-corrected chi connectivity index (χ1v) is 6.90. The first-order chi connectivity index (χ1) is 11.3. The third-order valence-electron chi connectivity index (χ3n) is 3.19. The van der Waals surface area contributed by atoms with E-state index in [1.807, 2.05) is 0 Å². The number of alkyl halides is 3. The largest absolute Gasteiger partial charge is 0.497 e. The van der Waals surface area contributed by atoms with Gasteiger partial charge in [-0.2, -0.15) is 13.2 Å². The molecule has 0 saturated carbocycles. The normalized spacial score (nSPS) is 11.9. The lowest BCUT2D eigenvalue weighted by Gasteiger charge is -2.10. The monoisotopic (exact) mass is 334 g/mol.